The van der Waals surface area contributed by atoms with Crippen molar-refractivity contribution in [3.63, 3.8) is 0 Å². The normalized spacial score (nSPS) is 12.8. The number of nitrogens with one attached hydrogen (secondary N) is 1. The van der Waals surface area contributed by atoms with Crippen molar-refractivity contribution in [2.24, 2.45) is 0 Å². The number of halogens is 1. The molecule has 10 heteroatoms. The molecule has 1 N–H and O–H groups in total. The number of methoxy groups -OCH3 is 1. The van der Waals surface area contributed by atoms with Crippen LogP contribution in [0.3, 0.4) is 0 Å². The Bertz CT molecular complexity index is 1420. The van der Waals surface area contributed by atoms with Gasteiger partial charge in [-0.1, -0.05) is 54.9 Å². The number of benzene rings is 3. The lowest BCUT2D eigenvalue weighted by atomic mass is 10.1. The summed E-state index contributed by atoms with van der Waals surface area (Å²) in [6.45, 7) is 6.74. The van der Waals surface area contributed by atoms with Crippen LogP contribution in [0.5, 0.6) is 5.75 Å². The Morgan fingerprint density at radius 1 is 0.975 bits per heavy atom. The lowest BCUT2D eigenvalue weighted by molar-refractivity contribution is -0.139. The highest BCUT2D eigenvalue weighted by atomic mass is 35.5. The standard InChI is InChI=1S/C30H36ClN3O5S/c1-6-21(2)32-30(36)23(4)33(19-24-15-17-25(39-5)18-16-24)29(35)20-34(28-14-10-13-27(31)22(28)3)40(37,38)26-11-8-7-9-12-26/h7-18,21,23H,6,19-20H2,1-5H3,(H,32,36)/t21-,23+/m1/s1. The first-order valence-electron chi connectivity index (χ1n) is 13.0. The fourth-order valence-electron chi connectivity index (χ4n) is 4.08. The van der Waals surface area contributed by atoms with Crippen LogP contribution in [0.2, 0.25) is 5.02 Å². The van der Waals surface area contributed by atoms with Gasteiger partial charge in [0.2, 0.25) is 11.8 Å². The fourth-order valence-corrected chi connectivity index (χ4v) is 5.74. The number of rotatable bonds is 12. The van der Waals surface area contributed by atoms with E-state index in [0.29, 0.717) is 16.3 Å². The largest absolute Gasteiger partial charge is 0.497 e. The van der Waals surface area contributed by atoms with Crippen LogP contribution in [0.4, 0.5) is 5.69 Å². The van der Waals surface area contributed by atoms with Gasteiger partial charge in [0, 0.05) is 17.6 Å². The highest BCUT2D eigenvalue weighted by Gasteiger charge is 2.33. The second-order valence-corrected chi connectivity index (χ2v) is 11.8. The zero-order valence-corrected chi connectivity index (χ0v) is 25.0. The first-order valence-corrected chi connectivity index (χ1v) is 14.9. The topological polar surface area (TPSA) is 96.0 Å². The van der Waals surface area contributed by atoms with Crippen LogP contribution in [-0.4, -0.2) is 50.9 Å². The van der Waals surface area contributed by atoms with E-state index in [-0.39, 0.29) is 29.1 Å². The van der Waals surface area contributed by atoms with Gasteiger partial charge in [-0.25, -0.2) is 8.42 Å². The molecule has 40 heavy (non-hydrogen) atoms. The molecule has 0 aliphatic heterocycles. The molecule has 0 saturated carbocycles. The molecule has 0 saturated heterocycles. The zero-order chi connectivity index (χ0) is 29.4. The van der Waals surface area contributed by atoms with E-state index < -0.39 is 28.5 Å². The molecule has 0 fully saturated rings. The van der Waals surface area contributed by atoms with E-state index in [2.05, 4.69) is 5.32 Å². The number of hydrogen-bond donors (Lipinski definition) is 1. The van der Waals surface area contributed by atoms with Gasteiger partial charge in [0.1, 0.15) is 18.3 Å². The van der Waals surface area contributed by atoms with Gasteiger partial charge in [-0.3, -0.25) is 13.9 Å². The van der Waals surface area contributed by atoms with Crippen LogP contribution >= 0.6 is 11.6 Å². The molecule has 8 nitrogen and oxygen atoms in total. The van der Waals surface area contributed by atoms with E-state index in [1.807, 2.05) is 13.8 Å². The Morgan fingerprint density at radius 2 is 1.62 bits per heavy atom. The average molecular weight is 586 g/mol. The number of carbonyl (C=O) groups excluding carboxylic acids is 2. The van der Waals surface area contributed by atoms with Gasteiger partial charge in [0.15, 0.2) is 0 Å². The van der Waals surface area contributed by atoms with E-state index in [9.17, 15) is 18.0 Å². The Kier molecular flexibility index (Phi) is 10.6. The highest BCUT2D eigenvalue weighted by molar-refractivity contribution is 7.92. The molecule has 214 valence electrons. The molecule has 3 rings (SSSR count). The maximum absolute atomic E-state index is 14.0. The summed E-state index contributed by atoms with van der Waals surface area (Å²) >= 11 is 6.36. The summed E-state index contributed by atoms with van der Waals surface area (Å²) < 4.78 is 34.1. The molecule has 0 aromatic heterocycles. The van der Waals surface area contributed by atoms with Crippen LogP contribution in [0.15, 0.2) is 77.7 Å². The van der Waals surface area contributed by atoms with Gasteiger partial charge in [-0.05, 0) is 74.7 Å². The van der Waals surface area contributed by atoms with Crippen LogP contribution in [0.1, 0.15) is 38.3 Å². The predicted molar refractivity (Wildman–Crippen MR) is 158 cm³/mol. The van der Waals surface area contributed by atoms with E-state index >= 15 is 0 Å². The molecule has 0 bridgehead atoms. The van der Waals surface area contributed by atoms with Crippen LogP contribution in [0.25, 0.3) is 0 Å². The van der Waals surface area contributed by atoms with Crippen molar-refractivity contribution in [2.75, 3.05) is 18.0 Å². The maximum Gasteiger partial charge on any atom is 0.264 e. The minimum absolute atomic E-state index is 0.0337. The third-order valence-corrected chi connectivity index (χ3v) is 8.98. The molecule has 0 heterocycles. The van der Waals surface area contributed by atoms with Crippen molar-refractivity contribution in [1.82, 2.24) is 10.2 Å². The molecule has 0 aliphatic carbocycles. The third-order valence-electron chi connectivity index (χ3n) is 6.80. The van der Waals surface area contributed by atoms with E-state index in [4.69, 9.17) is 16.3 Å². The molecule has 0 spiro atoms. The third kappa shape index (κ3) is 7.34. The summed E-state index contributed by atoms with van der Waals surface area (Å²) in [6.07, 6.45) is 0.724. The predicted octanol–water partition coefficient (Wildman–Crippen LogP) is 5.18. The quantitative estimate of drug-likeness (QED) is 0.316. The lowest BCUT2D eigenvalue weighted by Gasteiger charge is -2.33. The van der Waals surface area contributed by atoms with Gasteiger partial charge in [-0.2, -0.15) is 0 Å². The van der Waals surface area contributed by atoms with Crippen LogP contribution < -0.4 is 14.4 Å². The second-order valence-electron chi connectivity index (χ2n) is 9.57. The molecule has 3 aromatic carbocycles. The van der Waals surface area contributed by atoms with Gasteiger partial charge in [0.25, 0.3) is 10.0 Å². The van der Waals surface area contributed by atoms with E-state index in [1.165, 1.54) is 17.0 Å². The summed E-state index contributed by atoms with van der Waals surface area (Å²) in [5, 5.41) is 3.29. The Hall–Kier alpha value is -3.56. The van der Waals surface area contributed by atoms with Crippen LogP contribution in [-0.2, 0) is 26.2 Å². The first kappa shape index (κ1) is 31.0. The fraction of sp³-hybridized carbons (Fsp3) is 0.333. The van der Waals surface area contributed by atoms with Crippen molar-refractivity contribution >= 4 is 39.1 Å². The number of hydrogen-bond acceptors (Lipinski definition) is 5. The SMILES string of the molecule is CC[C@@H](C)NC(=O)[C@H](C)N(Cc1ccc(OC)cc1)C(=O)CN(c1cccc(Cl)c1C)S(=O)(=O)c1ccccc1. The summed E-state index contributed by atoms with van der Waals surface area (Å²) in [7, 11) is -2.60. The molecule has 0 radical (unpaired) electrons. The second kappa shape index (κ2) is 13.7. The Balaban J connectivity index is 2.05. The molecule has 2 atom stereocenters. The minimum Gasteiger partial charge on any atom is -0.497 e. The van der Waals surface area contributed by atoms with Crippen molar-refractivity contribution in [3.05, 3.63) is 88.9 Å². The number of anilines is 1. The highest BCUT2D eigenvalue weighted by Crippen LogP contribution is 2.31. The first-order chi connectivity index (χ1) is 19.0. The maximum atomic E-state index is 14.0. The number of carbonyl (C=O) groups is 2. The van der Waals surface area contributed by atoms with Crippen molar-refractivity contribution < 1.29 is 22.7 Å². The van der Waals surface area contributed by atoms with E-state index in [0.717, 1.165) is 16.3 Å². The summed E-state index contributed by atoms with van der Waals surface area (Å²) in [4.78, 5) is 28.6. The van der Waals surface area contributed by atoms with Gasteiger partial charge in [0.05, 0.1) is 17.7 Å². The van der Waals surface area contributed by atoms with Crippen molar-refractivity contribution in [3.8, 4) is 5.75 Å². The summed E-state index contributed by atoms with van der Waals surface area (Å²) in [5.41, 5.74) is 1.56. The van der Waals surface area contributed by atoms with Gasteiger partial charge < -0.3 is 15.0 Å². The molecular formula is C30H36ClN3O5S. The number of ether oxygens (including phenoxy) is 1. The zero-order valence-electron chi connectivity index (χ0n) is 23.4. The lowest BCUT2D eigenvalue weighted by Crippen LogP contribution is -2.52. The Morgan fingerprint density at radius 3 is 2.23 bits per heavy atom. The number of sulfonamides is 1. The average Bonchev–Trinajstić information content (AvgIpc) is 2.96. The van der Waals surface area contributed by atoms with Crippen LogP contribution in [0, 0.1) is 6.92 Å². The monoisotopic (exact) mass is 585 g/mol. The van der Waals surface area contributed by atoms with E-state index in [1.54, 1.807) is 81.6 Å². The van der Waals surface area contributed by atoms with Gasteiger partial charge >= 0.3 is 0 Å². The summed E-state index contributed by atoms with van der Waals surface area (Å²) in [6, 6.07) is 19.0. The molecule has 0 unspecified atom stereocenters. The van der Waals surface area contributed by atoms with Crippen molar-refractivity contribution in [2.45, 2.75) is 57.6 Å². The molecular weight excluding hydrogens is 550 g/mol. The number of amides is 2. The smallest absolute Gasteiger partial charge is 0.264 e. The number of nitrogens with zero attached hydrogens (tertiary/aromatic N) is 2. The Labute approximate surface area is 241 Å². The molecule has 2 amide bonds. The molecule has 0 aliphatic rings. The van der Waals surface area contributed by atoms with Crippen molar-refractivity contribution in [1.29, 1.82) is 0 Å². The summed E-state index contributed by atoms with van der Waals surface area (Å²) in [5.74, 6) is -0.213. The minimum atomic E-state index is -4.16. The molecule has 3 aromatic rings. The van der Waals surface area contributed by atoms with Gasteiger partial charge in [-0.15, -0.1) is 0 Å².